The van der Waals surface area contributed by atoms with Crippen molar-refractivity contribution in [1.29, 1.82) is 0 Å². The van der Waals surface area contributed by atoms with Gasteiger partial charge in [-0.2, -0.15) is 0 Å². The Kier molecular flexibility index (Phi) is 6.07. The van der Waals surface area contributed by atoms with E-state index >= 15 is 0 Å². The SMILES string of the molecule is COc1cc2c(cc1NC(=O)COC(=O)COc1ccccc1[N+](=O)[O-])oc1ccccc12. The number of nitrogens with one attached hydrogen (secondary N) is 1. The van der Waals surface area contributed by atoms with Crippen molar-refractivity contribution in [2.75, 3.05) is 25.6 Å². The molecular formula is C23H18N2O8. The molecule has 0 spiro atoms. The van der Waals surface area contributed by atoms with Gasteiger partial charge in [0.05, 0.1) is 17.7 Å². The van der Waals surface area contributed by atoms with Crippen LogP contribution in [-0.2, 0) is 14.3 Å². The molecule has 1 aromatic heterocycles. The van der Waals surface area contributed by atoms with Gasteiger partial charge in [0.15, 0.2) is 19.0 Å². The summed E-state index contributed by atoms with van der Waals surface area (Å²) in [5.41, 5.74) is 1.32. The average molecular weight is 450 g/mol. The number of hydrogen-bond acceptors (Lipinski definition) is 8. The molecule has 168 valence electrons. The van der Waals surface area contributed by atoms with Crippen molar-refractivity contribution in [1.82, 2.24) is 0 Å². The first-order valence-corrected chi connectivity index (χ1v) is 9.77. The predicted molar refractivity (Wildman–Crippen MR) is 118 cm³/mol. The second-order valence-electron chi connectivity index (χ2n) is 6.87. The fourth-order valence-corrected chi connectivity index (χ4v) is 3.26. The van der Waals surface area contributed by atoms with E-state index in [-0.39, 0.29) is 11.4 Å². The Bertz CT molecular complexity index is 1360. The van der Waals surface area contributed by atoms with E-state index in [2.05, 4.69) is 5.32 Å². The molecule has 4 rings (SSSR count). The molecule has 0 saturated carbocycles. The normalized spacial score (nSPS) is 10.7. The maximum atomic E-state index is 12.3. The maximum absolute atomic E-state index is 12.3. The number of furan rings is 1. The van der Waals surface area contributed by atoms with Crippen LogP contribution in [0.25, 0.3) is 21.9 Å². The fourth-order valence-electron chi connectivity index (χ4n) is 3.26. The Labute approximate surface area is 186 Å². The summed E-state index contributed by atoms with van der Waals surface area (Å²) >= 11 is 0. The molecule has 0 saturated heterocycles. The molecule has 0 aliphatic heterocycles. The standard InChI is InChI=1S/C23H18N2O8/c1-30-21-10-15-14-6-2-4-8-18(14)33-20(15)11-16(21)24-22(26)12-32-23(27)13-31-19-9-5-3-7-17(19)25(28)29/h2-11H,12-13H2,1H3,(H,24,26). The van der Waals surface area contributed by atoms with Crippen LogP contribution in [0.4, 0.5) is 11.4 Å². The number of anilines is 1. The van der Waals surface area contributed by atoms with Gasteiger partial charge in [0, 0.05) is 22.9 Å². The number of fused-ring (bicyclic) bond motifs is 3. The number of esters is 1. The van der Waals surface area contributed by atoms with Crippen molar-refractivity contribution in [3.05, 3.63) is 70.8 Å². The molecule has 0 bridgehead atoms. The number of para-hydroxylation sites is 3. The number of nitro groups is 1. The van der Waals surface area contributed by atoms with Crippen molar-refractivity contribution in [2.24, 2.45) is 0 Å². The monoisotopic (exact) mass is 450 g/mol. The maximum Gasteiger partial charge on any atom is 0.344 e. The highest BCUT2D eigenvalue weighted by Gasteiger charge is 2.17. The number of amides is 1. The zero-order valence-electron chi connectivity index (χ0n) is 17.4. The van der Waals surface area contributed by atoms with E-state index in [0.29, 0.717) is 22.6 Å². The number of methoxy groups -OCH3 is 1. The molecule has 3 aromatic carbocycles. The highest BCUT2D eigenvalue weighted by Crippen LogP contribution is 2.36. The second kappa shape index (κ2) is 9.27. The Morgan fingerprint density at radius 1 is 0.970 bits per heavy atom. The zero-order chi connectivity index (χ0) is 23.4. The molecule has 0 aliphatic carbocycles. The minimum Gasteiger partial charge on any atom is -0.495 e. The summed E-state index contributed by atoms with van der Waals surface area (Å²) in [6.07, 6.45) is 0. The van der Waals surface area contributed by atoms with E-state index in [9.17, 15) is 19.7 Å². The van der Waals surface area contributed by atoms with Crippen molar-refractivity contribution in [2.45, 2.75) is 0 Å². The first-order chi connectivity index (χ1) is 16.0. The molecule has 4 aromatic rings. The number of nitrogens with zero attached hydrogens (tertiary/aromatic N) is 1. The van der Waals surface area contributed by atoms with Crippen LogP contribution in [0, 0.1) is 10.1 Å². The van der Waals surface area contributed by atoms with Crippen LogP contribution in [0.3, 0.4) is 0 Å². The summed E-state index contributed by atoms with van der Waals surface area (Å²) in [6, 6.07) is 16.5. The van der Waals surface area contributed by atoms with Crippen LogP contribution < -0.4 is 14.8 Å². The predicted octanol–water partition coefficient (Wildman–Crippen LogP) is 4.06. The smallest absolute Gasteiger partial charge is 0.344 e. The molecule has 10 heteroatoms. The van der Waals surface area contributed by atoms with Crippen molar-refractivity contribution < 1.29 is 33.1 Å². The van der Waals surface area contributed by atoms with Crippen LogP contribution in [0.2, 0.25) is 0 Å². The summed E-state index contributed by atoms with van der Waals surface area (Å²) in [5, 5.41) is 15.3. The van der Waals surface area contributed by atoms with E-state index in [1.54, 1.807) is 12.1 Å². The molecule has 1 heterocycles. The Hall–Kier alpha value is -4.60. The van der Waals surface area contributed by atoms with Gasteiger partial charge in [-0.05, 0) is 18.2 Å². The molecule has 0 aliphatic rings. The number of benzene rings is 3. The van der Waals surface area contributed by atoms with Gasteiger partial charge < -0.3 is 23.9 Å². The number of nitro benzene ring substituents is 1. The van der Waals surface area contributed by atoms with E-state index in [1.165, 1.54) is 31.4 Å². The summed E-state index contributed by atoms with van der Waals surface area (Å²) < 4.78 is 21.2. The highest BCUT2D eigenvalue weighted by molar-refractivity contribution is 6.07. The fraction of sp³-hybridized carbons (Fsp3) is 0.130. The van der Waals surface area contributed by atoms with Gasteiger partial charge >= 0.3 is 11.7 Å². The van der Waals surface area contributed by atoms with E-state index in [0.717, 1.165) is 10.8 Å². The molecule has 10 nitrogen and oxygen atoms in total. The number of ether oxygens (including phenoxy) is 3. The third kappa shape index (κ3) is 4.69. The Morgan fingerprint density at radius 2 is 1.73 bits per heavy atom. The minimum absolute atomic E-state index is 0.0761. The minimum atomic E-state index is -0.858. The van der Waals surface area contributed by atoms with Crippen molar-refractivity contribution >= 4 is 45.2 Å². The lowest BCUT2D eigenvalue weighted by Gasteiger charge is -2.11. The van der Waals surface area contributed by atoms with Crippen LogP contribution >= 0.6 is 0 Å². The number of carbonyl (C=O) groups is 2. The van der Waals surface area contributed by atoms with Crippen LogP contribution in [0.1, 0.15) is 0 Å². The van der Waals surface area contributed by atoms with Gasteiger partial charge in [0.1, 0.15) is 16.9 Å². The van der Waals surface area contributed by atoms with E-state index < -0.39 is 30.0 Å². The number of carbonyl (C=O) groups excluding carboxylic acids is 2. The molecule has 33 heavy (non-hydrogen) atoms. The summed E-state index contributed by atoms with van der Waals surface area (Å²) in [6.45, 7) is -1.17. The first-order valence-electron chi connectivity index (χ1n) is 9.77. The largest absolute Gasteiger partial charge is 0.495 e. The highest BCUT2D eigenvalue weighted by atomic mass is 16.6. The Morgan fingerprint density at radius 3 is 2.52 bits per heavy atom. The lowest BCUT2D eigenvalue weighted by atomic mass is 10.1. The molecule has 0 atom stereocenters. The lowest BCUT2D eigenvalue weighted by Crippen LogP contribution is -2.24. The van der Waals surface area contributed by atoms with E-state index in [1.807, 2.05) is 24.3 Å². The first kappa shape index (κ1) is 21.6. The van der Waals surface area contributed by atoms with Gasteiger partial charge in [-0.25, -0.2) is 4.79 Å². The number of hydrogen-bond donors (Lipinski definition) is 1. The van der Waals surface area contributed by atoms with Crippen LogP contribution in [0.15, 0.2) is 65.1 Å². The van der Waals surface area contributed by atoms with E-state index in [4.69, 9.17) is 18.6 Å². The summed E-state index contributed by atoms with van der Waals surface area (Å²) in [7, 11) is 1.47. The molecule has 0 unspecified atom stereocenters. The quantitative estimate of drug-likeness (QED) is 0.242. The van der Waals surface area contributed by atoms with Crippen molar-refractivity contribution in [3.63, 3.8) is 0 Å². The van der Waals surface area contributed by atoms with Gasteiger partial charge in [-0.3, -0.25) is 14.9 Å². The summed E-state index contributed by atoms with van der Waals surface area (Å²) in [4.78, 5) is 34.6. The average Bonchev–Trinajstić information content (AvgIpc) is 3.18. The van der Waals surface area contributed by atoms with Gasteiger partial charge in [0.25, 0.3) is 5.91 Å². The molecule has 0 radical (unpaired) electrons. The molecule has 1 N–H and O–H groups in total. The van der Waals surface area contributed by atoms with Gasteiger partial charge in [-0.1, -0.05) is 30.3 Å². The van der Waals surface area contributed by atoms with Crippen LogP contribution in [0.5, 0.6) is 11.5 Å². The van der Waals surface area contributed by atoms with Gasteiger partial charge in [-0.15, -0.1) is 0 Å². The second-order valence-corrected chi connectivity index (χ2v) is 6.87. The van der Waals surface area contributed by atoms with Crippen LogP contribution in [-0.4, -0.2) is 37.1 Å². The van der Waals surface area contributed by atoms with Gasteiger partial charge in [0.2, 0.25) is 0 Å². The third-order valence-electron chi connectivity index (χ3n) is 4.74. The third-order valence-corrected chi connectivity index (χ3v) is 4.74. The topological polar surface area (TPSA) is 130 Å². The zero-order valence-corrected chi connectivity index (χ0v) is 17.4. The molecule has 1 amide bonds. The molecule has 0 fully saturated rings. The number of rotatable bonds is 8. The Balaban J connectivity index is 1.38. The lowest BCUT2D eigenvalue weighted by molar-refractivity contribution is -0.385. The molecular weight excluding hydrogens is 432 g/mol. The van der Waals surface area contributed by atoms with Crippen molar-refractivity contribution in [3.8, 4) is 11.5 Å². The summed E-state index contributed by atoms with van der Waals surface area (Å²) in [5.74, 6) is -1.13.